The van der Waals surface area contributed by atoms with Gasteiger partial charge in [0.15, 0.2) is 5.75 Å². The normalized spacial score (nSPS) is 10.9. The molecule has 0 aromatic heterocycles. The van der Waals surface area contributed by atoms with Crippen LogP contribution in [-0.2, 0) is 0 Å². The van der Waals surface area contributed by atoms with Gasteiger partial charge in [-0.3, -0.25) is 0 Å². The molecule has 180 valence electrons. The summed E-state index contributed by atoms with van der Waals surface area (Å²) in [6.45, 7) is 11.7. The van der Waals surface area contributed by atoms with Crippen LogP contribution >= 0.6 is 0 Å². The fraction of sp³-hybridized carbons (Fsp3) is 0.200. The number of ether oxygens (including phenoxy) is 1. The van der Waals surface area contributed by atoms with Gasteiger partial charge in [0.05, 0.1) is 17.1 Å². The molecule has 35 heavy (non-hydrogen) atoms. The molecule has 0 atom stereocenters. The molecule has 0 heterocycles. The lowest BCUT2D eigenvalue weighted by Gasteiger charge is -2.32. The van der Waals surface area contributed by atoms with Crippen molar-refractivity contribution in [3.63, 3.8) is 0 Å². The molecule has 5 nitrogen and oxygen atoms in total. The van der Waals surface area contributed by atoms with Crippen LogP contribution in [0, 0.1) is 41.5 Å². The minimum Gasteiger partial charge on any atom is -0.508 e. The average molecular weight is 470 g/mol. The number of hydrogen-bond acceptors (Lipinski definition) is 5. The molecular formula is C30H31NO4. The molecule has 4 aromatic carbocycles. The summed E-state index contributed by atoms with van der Waals surface area (Å²) >= 11 is 0. The van der Waals surface area contributed by atoms with E-state index < -0.39 is 0 Å². The summed E-state index contributed by atoms with van der Waals surface area (Å²) in [5.41, 5.74) is 7.94. The van der Waals surface area contributed by atoms with Crippen molar-refractivity contribution in [2.75, 3.05) is 4.90 Å². The van der Waals surface area contributed by atoms with Gasteiger partial charge >= 0.3 is 0 Å². The molecule has 0 fully saturated rings. The molecule has 0 bridgehead atoms. The van der Waals surface area contributed by atoms with Crippen molar-refractivity contribution >= 4 is 17.1 Å². The van der Waals surface area contributed by atoms with Crippen molar-refractivity contribution < 1.29 is 20.1 Å². The molecular weight excluding hydrogens is 438 g/mol. The summed E-state index contributed by atoms with van der Waals surface area (Å²) in [7, 11) is 0. The van der Waals surface area contributed by atoms with Gasteiger partial charge in [0.1, 0.15) is 23.0 Å². The molecule has 0 aliphatic rings. The summed E-state index contributed by atoms with van der Waals surface area (Å²) in [5, 5.41) is 30.4. The molecule has 0 amide bonds. The molecule has 4 rings (SSSR count). The van der Waals surface area contributed by atoms with Crippen LogP contribution < -0.4 is 9.64 Å². The van der Waals surface area contributed by atoms with E-state index in [1.807, 2.05) is 65.8 Å². The number of nitrogens with zero attached hydrogens (tertiary/aromatic N) is 1. The topological polar surface area (TPSA) is 73.2 Å². The van der Waals surface area contributed by atoms with Gasteiger partial charge in [0.25, 0.3) is 0 Å². The monoisotopic (exact) mass is 469 g/mol. The quantitative estimate of drug-likeness (QED) is 0.277. The Morgan fingerprint density at radius 1 is 0.543 bits per heavy atom. The average Bonchev–Trinajstić information content (AvgIpc) is 2.74. The summed E-state index contributed by atoms with van der Waals surface area (Å²) < 4.78 is 6.51. The number of phenols is 3. The molecule has 0 spiro atoms. The second kappa shape index (κ2) is 9.26. The van der Waals surface area contributed by atoms with Gasteiger partial charge in [-0.15, -0.1) is 0 Å². The predicted molar refractivity (Wildman–Crippen MR) is 141 cm³/mol. The van der Waals surface area contributed by atoms with Crippen molar-refractivity contribution in [1.29, 1.82) is 0 Å². The highest BCUT2D eigenvalue weighted by Gasteiger charge is 2.24. The van der Waals surface area contributed by atoms with E-state index in [1.54, 1.807) is 36.4 Å². The van der Waals surface area contributed by atoms with Gasteiger partial charge < -0.3 is 25.0 Å². The molecule has 0 unspecified atom stereocenters. The lowest BCUT2D eigenvalue weighted by molar-refractivity contribution is 0.459. The van der Waals surface area contributed by atoms with Crippen LogP contribution in [0.3, 0.4) is 0 Å². The van der Waals surface area contributed by atoms with Gasteiger partial charge in [-0.2, -0.15) is 0 Å². The Morgan fingerprint density at radius 2 is 0.914 bits per heavy atom. The highest BCUT2D eigenvalue weighted by molar-refractivity contribution is 5.86. The van der Waals surface area contributed by atoms with Gasteiger partial charge in [-0.25, -0.2) is 0 Å². The number of para-hydroxylation sites is 2. The van der Waals surface area contributed by atoms with E-state index in [-0.39, 0.29) is 17.2 Å². The highest BCUT2D eigenvalue weighted by Crippen LogP contribution is 2.48. The summed E-state index contributed by atoms with van der Waals surface area (Å²) in [4.78, 5) is 2.13. The Labute approximate surface area is 206 Å². The first-order valence-electron chi connectivity index (χ1n) is 11.5. The maximum atomic E-state index is 10.2. The second-order valence-corrected chi connectivity index (χ2v) is 9.17. The molecule has 0 saturated carbocycles. The number of hydrogen-bond donors (Lipinski definition) is 3. The third-order valence-electron chi connectivity index (χ3n) is 6.16. The largest absolute Gasteiger partial charge is 0.508 e. The van der Waals surface area contributed by atoms with E-state index in [2.05, 4.69) is 4.90 Å². The van der Waals surface area contributed by atoms with Gasteiger partial charge in [-0.1, -0.05) is 12.1 Å². The van der Waals surface area contributed by atoms with Crippen molar-refractivity contribution in [2.45, 2.75) is 41.5 Å². The van der Waals surface area contributed by atoms with Crippen LogP contribution in [0.25, 0.3) is 0 Å². The van der Waals surface area contributed by atoms with Crippen molar-refractivity contribution in [3.8, 4) is 28.7 Å². The van der Waals surface area contributed by atoms with Crippen molar-refractivity contribution in [1.82, 2.24) is 0 Å². The summed E-state index contributed by atoms with van der Waals surface area (Å²) in [6.07, 6.45) is 0. The van der Waals surface area contributed by atoms with Gasteiger partial charge in [0, 0.05) is 0 Å². The van der Waals surface area contributed by atoms with E-state index in [4.69, 9.17) is 4.74 Å². The molecule has 0 aliphatic heterocycles. The first-order valence-corrected chi connectivity index (χ1v) is 11.5. The molecule has 0 saturated heterocycles. The number of aromatic hydroxyl groups is 3. The Hall–Kier alpha value is -4.12. The Kier molecular flexibility index (Phi) is 6.35. The molecule has 3 N–H and O–H groups in total. The van der Waals surface area contributed by atoms with E-state index in [0.29, 0.717) is 11.5 Å². The maximum Gasteiger partial charge on any atom is 0.151 e. The summed E-state index contributed by atoms with van der Waals surface area (Å²) in [6, 6.07) is 18.2. The zero-order chi connectivity index (χ0) is 25.4. The first kappa shape index (κ1) is 24.0. The van der Waals surface area contributed by atoms with E-state index in [9.17, 15) is 15.3 Å². The van der Waals surface area contributed by atoms with Gasteiger partial charge in [-0.05, 0) is 123 Å². The van der Waals surface area contributed by atoms with Crippen LogP contribution in [-0.4, -0.2) is 15.3 Å². The van der Waals surface area contributed by atoms with Crippen LogP contribution in [0.2, 0.25) is 0 Å². The fourth-order valence-corrected chi connectivity index (χ4v) is 4.85. The standard InChI is InChI=1S/C30H31NO4/c1-17-11-23(32)12-18(2)28(17)31(29-19(3)13-24(33)14-20(29)4)26-9-7-8-10-27(26)35-30-21(5)15-25(34)16-22(30)6/h7-16,32-34H,1-6H3. The van der Waals surface area contributed by atoms with Crippen LogP contribution in [0.4, 0.5) is 17.1 Å². The SMILES string of the molecule is Cc1cc(O)cc(C)c1Oc1ccccc1N(c1c(C)cc(O)cc1C)c1c(C)cc(O)cc1C. The highest BCUT2D eigenvalue weighted by atomic mass is 16.5. The number of phenolic OH excluding ortho intramolecular Hbond substituents is 3. The zero-order valence-electron chi connectivity index (χ0n) is 21.0. The van der Waals surface area contributed by atoms with Crippen LogP contribution in [0.15, 0.2) is 60.7 Å². The van der Waals surface area contributed by atoms with E-state index in [0.717, 1.165) is 50.4 Å². The minimum atomic E-state index is 0.202. The zero-order valence-corrected chi connectivity index (χ0v) is 21.0. The number of rotatable bonds is 5. The first-order chi connectivity index (χ1) is 16.6. The number of benzene rings is 4. The molecule has 0 radical (unpaired) electrons. The second-order valence-electron chi connectivity index (χ2n) is 9.17. The predicted octanol–water partition coefficient (Wildman–Crippen LogP) is 7.92. The van der Waals surface area contributed by atoms with Crippen molar-refractivity contribution in [2.24, 2.45) is 0 Å². The smallest absolute Gasteiger partial charge is 0.151 e. The van der Waals surface area contributed by atoms with Crippen LogP contribution in [0.1, 0.15) is 33.4 Å². The third kappa shape index (κ3) is 4.62. The Bertz CT molecular complexity index is 1300. The van der Waals surface area contributed by atoms with E-state index >= 15 is 0 Å². The van der Waals surface area contributed by atoms with E-state index in [1.165, 1.54) is 0 Å². The van der Waals surface area contributed by atoms with Crippen LogP contribution in [0.5, 0.6) is 28.7 Å². The lowest BCUT2D eigenvalue weighted by atomic mass is 10.0. The summed E-state index contributed by atoms with van der Waals surface area (Å²) in [5.74, 6) is 1.95. The van der Waals surface area contributed by atoms with Gasteiger partial charge in [0.2, 0.25) is 0 Å². The Morgan fingerprint density at radius 3 is 1.34 bits per heavy atom. The Balaban J connectivity index is 2.00. The molecule has 0 aliphatic carbocycles. The minimum absolute atomic E-state index is 0.202. The lowest BCUT2D eigenvalue weighted by Crippen LogP contribution is -2.16. The molecule has 5 heteroatoms. The molecule has 4 aromatic rings. The number of anilines is 3. The maximum absolute atomic E-state index is 10.2. The third-order valence-corrected chi connectivity index (χ3v) is 6.16. The fourth-order valence-electron chi connectivity index (χ4n) is 4.85. The van der Waals surface area contributed by atoms with Crippen molar-refractivity contribution in [3.05, 3.63) is 94.0 Å². The number of aryl methyl sites for hydroxylation is 6.